The van der Waals surface area contributed by atoms with Gasteiger partial charge in [-0.2, -0.15) is 0 Å². The first kappa shape index (κ1) is 27.6. The summed E-state index contributed by atoms with van der Waals surface area (Å²) in [7, 11) is 0. The van der Waals surface area contributed by atoms with Gasteiger partial charge in [0.25, 0.3) is 0 Å². The molecular weight excluding hydrogens is 610 g/mol. The fourth-order valence-electron chi connectivity index (χ4n) is 5.66. The lowest BCUT2D eigenvalue weighted by Gasteiger charge is -2.27. The average Bonchev–Trinajstić information content (AvgIpc) is 3.33. The Balaban J connectivity index is 1.25. The molecule has 0 spiro atoms. The van der Waals surface area contributed by atoms with Crippen LogP contribution in [0.3, 0.4) is 0 Å². The van der Waals surface area contributed by atoms with Gasteiger partial charge in [-0.1, -0.05) is 40.2 Å². The van der Waals surface area contributed by atoms with Crippen LogP contribution in [0.1, 0.15) is 45.7 Å². The maximum absolute atomic E-state index is 11.7. The summed E-state index contributed by atoms with van der Waals surface area (Å²) < 4.78 is 21.5. The van der Waals surface area contributed by atoms with Crippen LogP contribution in [-0.4, -0.2) is 44.9 Å². The molecule has 43 heavy (non-hydrogen) atoms. The van der Waals surface area contributed by atoms with Crippen molar-refractivity contribution < 1.29 is 24.1 Å². The monoisotopic (exact) mass is 639 g/mol. The van der Waals surface area contributed by atoms with Gasteiger partial charge >= 0.3 is 5.97 Å². The Kier molecular flexibility index (Phi) is 7.59. The second-order valence-electron chi connectivity index (χ2n) is 10.9. The predicted molar refractivity (Wildman–Crippen MR) is 166 cm³/mol. The lowest BCUT2D eigenvalue weighted by molar-refractivity contribution is -0.0589. The van der Waals surface area contributed by atoms with Crippen molar-refractivity contribution in [3.8, 4) is 22.9 Å². The Morgan fingerprint density at radius 2 is 1.88 bits per heavy atom. The number of ether oxygens (including phenoxy) is 3. The van der Waals surface area contributed by atoms with E-state index in [4.69, 9.17) is 24.2 Å². The molecule has 7 rings (SSSR count). The molecule has 5 aromatic rings. The van der Waals surface area contributed by atoms with Gasteiger partial charge in [0, 0.05) is 34.7 Å². The number of aryl methyl sites for hydroxylation is 1. The van der Waals surface area contributed by atoms with Crippen molar-refractivity contribution in [2.75, 3.05) is 13.2 Å². The summed E-state index contributed by atoms with van der Waals surface area (Å²) in [5.74, 6) is 1.23. The van der Waals surface area contributed by atoms with Crippen LogP contribution in [0.15, 0.2) is 77.3 Å². The van der Waals surface area contributed by atoms with Crippen molar-refractivity contribution in [2.24, 2.45) is 0 Å². The summed E-state index contributed by atoms with van der Waals surface area (Å²) in [5.41, 5.74) is 6.88. The van der Waals surface area contributed by atoms with Gasteiger partial charge in [0.2, 0.25) is 5.88 Å². The van der Waals surface area contributed by atoms with Crippen LogP contribution in [0.4, 0.5) is 0 Å². The largest absolute Gasteiger partial charge is 0.493 e. The van der Waals surface area contributed by atoms with E-state index < -0.39 is 5.97 Å². The van der Waals surface area contributed by atoms with E-state index in [1.54, 1.807) is 18.2 Å². The third-order valence-corrected chi connectivity index (χ3v) is 8.57. The molecule has 1 atom stereocenters. The summed E-state index contributed by atoms with van der Waals surface area (Å²) >= 11 is 3.61. The number of carboxylic acid groups (broad SMARTS) is 1. The molecule has 0 radical (unpaired) electrons. The van der Waals surface area contributed by atoms with Gasteiger partial charge in [0.15, 0.2) is 0 Å². The Hall–Kier alpha value is -4.21. The van der Waals surface area contributed by atoms with E-state index in [1.165, 1.54) is 5.56 Å². The number of carbonyl (C=O) groups is 1. The molecule has 0 amide bonds. The Labute approximate surface area is 257 Å². The maximum atomic E-state index is 11.7. The molecule has 0 aliphatic carbocycles. The summed E-state index contributed by atoms with van der Waals surface area (Å²) in [6.07, 6.45) is 3.27. The van der Waals surface area contributed by atoms with Gasteiger partial charge in [0.05, 0.1) is 41.5 Å². The first-order valence-corrected chi connectivity index (χ1v) is 15.3. The number of fused-ring (bicyclic) bond motifs is 7. The average molecular weight is 641 g/mol. The SMILES string of the molecule is O=C(O)c1ccc2nc(Cc3ccc4cc3OCCCc3cc(Br)ccc3COc3cccc-4n3)n(CC3CCO3)c2c1. The van der Waals surface area contributed by atoms with Crippen molar-refractivity contribution in [2.45, 2.75) is 44.9 Å². The van der Waals surface area contributed by atoms with Gasteiger partial charge in [-0.25, -0.2) is 14.8 Å². The number of nitrogens with zero attached hydrogens (tertiary/aromatic N) is 3. The number of rotatable bonds is 5. The molecule has 1 N–H and O–H groups in total. The minimum absolute atomic E-state index is 0.0878. The molecule has 2 aromatic heterocycles. The van der Waals surface area contributed by atoms with Gasteiger partial charge in [-0.05, 0) is 72.9 Å². The first-order valence-electron chi connectivity index (χ1n) is 14.5. The zero-order chi connectivity index (χ0) is 29.3. The molecule has 3 aromatic carbocycles. The van der Waals surface area contributed by atoms with Gasteiger partial charge in [-0.15, -0.1) is 0 Å². The van der Waals surface area contributed by atoms with E-state index in [0.717, 1.165) is 75.3 Å². The molecule has 1 fully saturated rings. The van der Waals surface area contributed by atoms with Crippen LogP contribution in [0.5, 0.6) is 11.6 Å². The van der Waals surface area contributed by atoms with Crippen molar-refractivity contribution in [1.29, 1.82) is 0 Å². The van der Waals surface area contributed by atoms with Crippen LogP contribution in [0.2, 0.25) is 0 Å². The first-order chi connectivity index (χ1) is 21.0. The molecule has 2 aliphatic rings. The molecular formula is C34H30BrN3O5. The number of halogens is 1. The van der Waals surface area contributed by atoms with Crippen molar-refractivity contribution in [3.05, 3.63) is 105 Å². The molecule has 8 nitrogen and oxygen atoms in total. The van der Waals surface area contributed by atoms with Crippen LogP contribution in [-0.2, 0) is 30.7 Å². The Bertz CT molecular complexity index is 1830. The fraction of sp³-hybridized carbons (Fsp3) is 0.265. The number of aromatic nitrogens is 3. The third-order valence-electron chi connectivity index (χ3n) is 8.08. The highest BCUT2D eigenvalue weighted by Crippen LogP contribution is 2.32. The Morgan fingerprint density at radius 1 is 0.977 bits per heavy atom. The van der Waals surface area contributed by atoms with Gasteiger partial charge < -0.3 is 23.9 Å². The molecule has 2 aliphatic heterocycles. The lowest BCUT2D eigenvalue weighted by Crippen LogP contribution is -2.31. The fourth-order valence-corrected chi connectivity index (χ4v) is 6.07. The van der Waals surface area contributed by atoms with E-state index in [1.807, 2.05) is 30.3 Å². The van der Waals surface area contributed by atoms with E-state index >= 15 is 0 Å². The quantitative estimate of drug-likeness (QED) is 0.225. The van der Waals surface area contributed by atoms with Gasteiger partial charge in [-0.3, -0.25) is 0 Å². The minimum atomic E-state index is -0.958. The third kappa shape index (κ3) is 5.87. The van der Waals surface area contributed by atoms with Crippen molar-refractivity contribution in [3.63, 3.8) is 0 Å². The topological polar surface area (TPSA) is 95.7 Å². The maximum Gasteiger partial charge on any atom is 0.335 e. The highest BCUT2D eigenvalue weighted by Gasteiger charge is 2.23. The van der Waals surface area contributed by atoms with E-state index in [2.05, 4.69) is 44.8 Å². The highest BCUT2D eigenvalue weighted by molar-refractivity contribution is 9.10. The van der Waals surface area contributed by atoms with Gasteiger partial charge in [0.1, 0.15) is 18.2 Å². The molecule has 0 saturated carbocycles. The molecule has 9 heteroatoms. The van der Waals surface area contributed by atoms with E-state index in [9.17, 15) is 9.90 Å². The van der Waals surface area contributed by atoms with Crippen molar-refractivity contribution >= 4 is 32.9 Å². The molecule has 1 saturated heterocycles. The zero-order valence-corrected chi connectivity index (χ0v) is 25.0. The number of imidazole rings is 1. The Morgan fingerprint density at radius 3 is 2.72 bits per heavy atom. The zero-order valence-electron chi connectivity index (χ0n) is 23.5. The predicted octanol–water partition coefficient (Wildman–Crippen LogP) is 6.84. The lowest BCUT2D eigenvalue weighted by atomic mass is 10.0. The number of hydrogen-bond acceptors (Lipinski definition) is 6. The smallest absolute Gasteiger partial charge is 0.335 e. The van der Waals surface area contributed by atoms with Crippen molar-refractivity contribution in [1.82, 2.24) is 14.5 Å². The second kappa shape index (κ2) is 11.8. The minimum Gasteiger partial charge on any atom is -0.493 e. The number of carboxylic acids is 1. The summed E-state index contributed by atoms with van der Waals surface area (Å²) in [6, 6.07) is 23.3. The number of benzene rings is 3. The van der Waals surface area contributed by atoms with Crippen LogP contribution in [0.25, 0.3) is 22.3 Å². The number of pyridine rings is 1. The van der Waals surface area contributed by atoms with E-state index in [-0.39, 0.29) is 11.7 Å². The highest BCUT2D eigenvalue weighted by atomic mass is 79.9. The normalized spacial score (nSPS) is 16.3. The van der Waals surface area contributed by atoms with E-state index in [0.29, 0.717) is 32.1 Å². The molecule has 218 valence electrons. The number of aromatic carboxylic acids is 1. The summed E-state index contributed by atoms with van der Waals surface area (Å²) in [4.78, 5) is 21.5. The standard InChI is InChI=1S/C34H30BrN3O5/c35-26-10-8-25-20-43-33-5-1-4-28(37-33)22-6-7-23(31(17-22)42-13-2-3-21(25)15-26)18-32-36-29-11-9-24(34(39)40)16-30(29)38(32)19-27-12-14-41-27/h1,4-11,15-17,27H,2-3,12-14,18-20H2,(H,39,40). The molecule has 4 heterocycles. The summed E-state index contributed by atoms with van der Waals surface area (Å²) in [5, 5.41) is 9.61. The van der Waals surface area contributed by atoms with Crippen LogP contribution >= 0.6 is 15.9 Å². The van der Waals surface area contributed by atoms with Crippen LogP contribution < -0.4 is 9.47 Å². The molecule has 1 unspecified atom stereocenters. The van der Waals surface area contributed by atoms with Crippen LogP contribution in [0, 0.1) is 0 Å². The summed E-state index contributed by atoms with van der Waals surface area (Å²) in [6.45, 7) is 2.36. The molecule has 4 bridgehead atoms. The second-order valence-corrected chi connectivity index (χ2v) is 11.9. The number of hydrogen-bond donors (Lipinski definition) is 1.